The molecule has 1 aliphatic rings. The maximum Gasteiger partial charge on any atom is 0.227 e. The molecule has 3 aromatic rings. The van der Waals surface area contributed by atoms with Crippen LogP contribution in [0.5, 0.6) is 0 Å². The monoisotopic (exact) mass is 379 g/mol. The number of aliphatic hydroxyl groups excluding tert-OH is 2. The lowest BCUT2D eigenvalue weighted by atomic mass is 9.83. The van der Waals surface area contributed by atoms with E-state index < -0.39 is 5.60 Å². The molecule has 0 aliphatic heterocycles. The van der Waals surface area contributed by atoms with Crippen LogP contribution in [0.1, 0.15) is 42.7 Å². The minimum absolute atomic E-state index is 0.0166. The molecule has 3 N–H and O–H groups in total. The molecule has 4 rings (SSSR count). The molecule has 0 spiro atoms. The zero-order valence-corrected chi connectivity index (χ0v) is 15.9. The summed E-state index contributed by atoms with van der Waals surface area (Å²) in [5, 5.41) is 30.2. The Bertz CT molecular complexity index is 936. The Morgan fingerprint density at radius 1 is 1.00 bits per heavy atom. The number of aliphatic hydroxyl groups is 3. The van der Waals surface area contributed by atoms with Gasteiger partial charge in [-0.1, -0.05) is 54.1 Å². The van der Waals surface area contributed by atoms with Gasteiger partial charge in [-0.2, -0.15) is 0 Å². The number of hydrogen-bond acceptors (Lipinski definition) is 5. The average Bonchev–Trinajstić information content (AvgIpc) is 3.17. The second-order valence-electron chi connectivity index (χ2n) is 7.68. The summed E-state index contributed by atoms with van der Waals surface area (Å²) in [6.45, 7) is 2.01. The Kier molecular flexibility index (Phi) is 5.06. The molecule has 0 saturated heterocycles. The van der Waals surface area contributed by atoms with E-state index in [1.165, 1.54) is 0 Å². The highest BCUT2D eigenvalue weighted by Gasteiger charge is 2.39. The molecule has 0 unspecified atom stereocenters. The summed E-state index contributed by atoms with van der Waals surface area (Å²) in [5.74, 6) is 0.919. The summed E-state index contributed by atoms with van der Waals surface area (Å²) in [6.07, 6.45) is 1.52. The Balaban J connectivity index is 1.80. The van der Waals surface area contributed by atoms with Gasteiger partial charge in [-0.15, -0.1) is 0 Å². The van der Waals surface area contributed by atoms with Crippen molar-refractivity contribution in [1.82, 2.24) is 4.98 Å². The lowest BCUT2D eigenvalue weighted by Gasteiger charge is -2.31. The average molecular weight is 379 g/mol. The molecular weight excluding hydrogens is 354 g/mol. The number of aryl methyl sites for hydroxylation is 1. The SMILES string of the molecule is Cc1ccc(-c2oc(C3(O)CCC(O)CC3)nc2-c2ccc(CO)cc2)cc1. The van der Waals surface area contributed by atoms with E-state index in [1.807, 2.05) is 55.5 Å². The van der Waals surface area contributed by atoms with Gasteiger partial charge in [-0.25, -0.2) is 4.98 Å². The van der Waals surface area contributed by atoms with E-state index in [-0.39, 0.29) is 12.7 Å². The fourth-order valence-electron chi connectivity index (χ4n) is 3.68. The third-order valence-corrected chi connectivity index (χ3v) is 5.53. The summed E-state index contributed by atoms with van der Waals surface area (Å²) < 4.78 is 6.14. The lowest BCUT2D eigenvalue weighted by Crippen LogP contribution is -2.33. The van der Waals surface area contributed by atoms with Crippen molar-refractivity contribution in [2.75, 3.05) is 0 Å². The van der Waals surface area contributed by atoms with Crippen LogP contribution in [0.2, 0.25) is 0 Å². The molecule has 2 aromatic carbocycles. The van der Waals surface area contributed by atoms with Crippen molar-refractivity contribution >= 4 is 0 Å². The molecule has 1 aliphatic carbocycles. The van der Waals surface area contributed by atoms with Crippen molar-refractivity contribution in [3.8, 4) is 22.6 Å². The van der Waals surface area contributed by atoms with Crippen LogP contribution in [-0.2, 0) is 12.2 Å². The summed E-state index contributed by atoms with van der Waals surface area (Å²) in [5.41, 5.74) is 3.23. The molecule has 1 heterocycles. The second kappa shape index (κ2) is 7.51. The number of hydrogen-bond donors (Lipinski definition) is 3. The van der Waals surface area contributed by atoms with Crippen LogP contribution in [0.15, 0.2) is 52.9 Å². The number of nitrogens with zero attached hydrogens (tertiary/aromatic N) is 1. The van der Waals surface area contributed by atoms with Crippen molar-refractivity contribution in [3.05, 3.63) is 65.5 Å². The summed E-state index contributed by atoms with van der Waals surface area (Å²) in [6, 6.07) is 15.5. The molecule has 5 nitrogen and oxygen atoms in total. The normalized spacial score (nSPS) is 22.4. The van der Waals surface area contributed by atoms with Gasteiger partial charge >= 0.3 is 0 Å². The van der Waals surface area contributed by atoms with Crippen LogP contribution < -0.4 is 0 Å². The largest absolute Gasteiger partial charge is 0.437 e. The highest BCUT2D eigenvalue weighted by Crippen LogP contribution is 2.41. The zero-order chi connectivity index (χ0) is 19.7. The fraction of sp³-hybridized carbons (Fsp3) is 0.348. The molecular formula is C23H25NO4. The highest BCUT2D eigenvalue weighted by atomic mass is 16.4. The molecule has 0 radical (unpaired) electrons. The quantitative estimate of drug-likeness (QED) is 0.639. The van der Waals surface area contributed by atoms with E-state index in [1.54, 1.807) is 0 Å². The van der Waals surface area contributed by atoms with Crippen LogP contribution in [0, 0.1) is 6.92 Å². The fourth-order valence-corrected chi connectivity index (χ4v) is 3.68. The molecule has 146 valence electrons. The van der Waals surface area contributed by atoms with Crippen LogP contribution in [0.25, 0.3) is 22.6 Å². The first-order valence-electron chi connectivity index (χ1n) is 9.67. The van der Waals surface area contributed by atoms with Gasteiger partial charge in [0, 0.05) is 11.1 Å². The molecule has 28 heavy (non-hydrogen) atoms. The van der Waals surface area contributed by atoms with E-state index in [9.17, 15) is 15.3 Å². The molecule has 1 fully saturated rings. The van der Waals surface area contributed by atoms with Gasteiger partial charge in [-0.3, -0.25) is 0 Å². The predicted molar refractivity (Wildman–Crippen MR) is 106 cm³/mol. The van der Waals surface area contributed by atoms with Crippen molar-refractivity contribution in [3.63, 3.8) is 0 Å². The Hall–Kier alpha value is -2.47. The van der Waals surface area contributed by atoms with Crippen LogP contribution in [-0.4, -0.2) is 26.4 Å². The van der Waals surface area contributed by atoms with Gasteiger partial charge in [0.15, 0.2) is 5.76 Å². The number of oxazole rings is 1. The van der Waals surface area contributed by atoms with Crippen molar-refractivity contribution < 1.29 is 19.7 Å². The first-order chi connectivity index (χ1) is 13.5. The predicted octanol–water partition coefficient (Wildman–Crippen LogP) is 3.93. The first kappa shape index (κ1) is 18.9. The van der Waals surface area contributed by atoms with E-state index in [2.05, 4.69) is 0 Å². The Morgan fingerprint density at radius 2 is 1.61 bits per heavy atom. The van der Waals surface area contributed by atoms with Gasteiger partial charge in [0.1, 0.15) is 11.3 Å². The van der Waals surface area contributed by atoms with Crippen molar-refractivity contribution in [2.24, 2.45) is 0 Å². The van der Waals surface area contributed by atoms with E-state index >= 15 is 0 Å². The Morgan fingerprint density at radius 3 is 2.21 bits per heavy atom. The van der Waals surface area contributed by atoms with Gasteiger partial charge < -0.3 is 19.7 Å². The topological polar surface area (TPSA) is 86.7 Å². The summed E-state index contributed by atoms with van der Waals surface area (Å²) >= 11 is 0. The third kappa shape index (κ3) is 3.61. The van der Waals surface area contributed by atoms with Gasteiger partial charge in [0.05, 0.1) is 12.7 Å². The summed E-state index contributed by atoms with van der Waals surface area (Å²) in [7, 11) is 0. The number of aromatic nitrogens is 1. The van der Waals surface area contributed by atoms with Crippen LogP contribution in [0.3, 0.4) is 0 Å². The zero-order valence-electron chi connectivity index (χ0n) is 15.9. The second-order valence-corrected chi connectivity index (χ2v) is 7.68. The molecule has 0 bridgehead atoms. The molecule has 0 amide bonds. The van der Waals surface area contributed by atoms with Gasteiger partial charge in [0.25, 0.3) is 0 Å². The number of benzene rings is 2. The lowest BCUT2D eigenvalue weighted by molar-refractivity contribution is -0.0539. The minimum Gasteiger partial charge on any atom is -0.437 e. The van der Waals surface area contributed by atoms with Crippen LogP contribution in [0.4, 0.5) is 0 Å². The molecule has 1 aromatic heterocycles. The van der Waals surface area contributed by atoms with E-state index in [0.29, 0.717) is 43.0 Å². The van der Waals surface area contributed by atoms with Gasteiger partial charge in [0.2, 0.25) is 5.89 Å². The van der Waals surface area contributed by atoms with E-state index in [4.69, 9.17) is 9.40 Å². The maximum atomic E-state index is 11.1. The smallest absolute Gasteiger partial charge is 0.227 e. The molecule has 5 heteroatoms. The summed E-state index contributed by atoms with van der Waals surface area (Å²) in [4.78, 5) is 4.69. The van der Waals surface area contributed by atoms with E-state index in [0.717, 1.165) is 22.3 Å². The molecule has 1 saturated carbocycles. The van der Waals surface area contributed by atoms with Crippen molar-refractivity contribution in [2.45, 2.75) is 50.9 Å². The Labute approximate surface area is 164 Å². The maximum absolute atomic E-state index is 11.1. The standard InChI is InChI=1S/C23H25NO4/c1-15-2-6-18(7-3-15)21-20(17-8-4-16(14-25)5-9-17)24-22(28-21)23(27)12-10-19(26)11-13-23/h2-9,19,25-27H,10-14H2,1H3. The van der Waals surface area contributed by atoms with Crippen LogP contribution >= 0.6 is 0 Å². The third-order valence-electron chi connectivity index (χ3n) is 5.53. The number of rotatable bonds is 4. The van der Waals surface area contributed by atoms with Gasteiger partial charge in [-0.05, 0) is 38.2 Å². The highest BCUT2D eigenvalue weighted by molar-refractivity contribution is 5.77. The van der Waals surface area contributed by atoms with Crippen molar-refractivity contribution in [1.29, 1.82) is 0 Å². The minimum atomic E-state index is -1.16. The molecule has 0 atom stereocenters. The first-order valence-corrected chi connectivity index (χ1v) is 9.67.